The van der Waals surface area contributed by atoms with E-state index in [4.69, 9.17) is 5.11 Å². The van der Waals surface area contributed by atoms with Gasteiger partial charge in [0.1, 0.15) is 0 Å². The van der Waals surface area contributed by atoms with Crippen molar-refractivity contribution in [2.75, 3.05) is 0 Å². The van der Waals surface area contributed by atoms with Crippen molar-refractivity contribution in [1.29, 1.82) is 0 Å². The molecule has 0 aliphatic carbocycles. The van der Waals surface area contributed by atoms with Crippen molar-refractivity contribution < 1.29 is 14.7 Å². The summed E-state index contributed by atoms with van der Waals surface area (Å²) in [4.78, 5) is 15.6. The fraction of sp³-hybridized carbons (Fsp3) is 0.875. The molecule has 0 aromatic carbocycles. The molecule has 0 fully saturated rings. The van der Waals surface area contributed by atoms with E-state index in [9.17, 15) is 4.79 Å². The lowest BCUT2D eigenvalue weighted by Crippen LogP contribution is -2.43. The SMILES string of the molecule is CC(C)(C)NOC(=O)C(C)(C)O. The van der Waals surface area contributed by atoms with Crippen LogP contribution in [0.4, 0.5) is 0 Å². The normalized spacial score (nSPS) is 12.8. The van der Waals surface area contributed by atoms with Crippen LogP contribution in [0, 0.1) is 0 Å². The van der Waals surface area contributed by atoms with Crippen molar-refractivity contribution in [3.8, 4) is 0 Å². The highest BCUT2D eigenvalue weighted by Gasteiger charge is 2.27. The minimum atomic E-state index is -1.45. The minimum absolute atomic E-state index is 0.305. The van der Waals surface area contributed by atoms with E-state index < -0.39 is 11.6 Å². The summed E-state index contributed by atoms with van der Waals surface area (Å²) >= 11 is 0. The van der Waals surface area contributed by atoms with Gasteiger partial charge >= 0.3 is 5.97 Å². The van der Waals surface area contributed by atoms with Crippen molar-refractivity contribution >= 4 is 5.97 Å². The van der Waals surface area contributed by atoms with Crippen molar-refractivity contribution in [2.45, 2.75) is 45.8 Å². The Morgan fingerprint density at radius 2 is 1.67 bits per heavy atom. The Labute approximate surface area is 72.9 Å². The highest BCUT2D eigenvalue weighted by molar-refractivity contribution is 5.77. The lowest BCUT2D eigenvalue weighted by Gasteiger charge is -2.22. The molecular weight excluding hydrogens is 158 g/mol. The topological polar surface area (TPSA) is 58.6 Å². The first-order valence-corrected chi connectivity index (χ1v) is 3.84. The van der Waals surface area contributed by atoms with Gasteiger partial charge in [0.2, 0.25) is 0 Å². The maximum absolute atomic E-state index is 11.0. The Balaban J connectivity index is 3.90. The van der Waals surface area contributed by atoms with Crippen LogP contribution in [-0.4, -0.2) is 22.2 Å². The number of hydrogen-bond donors (Lipinski definition) is 2. The quantitative estimate of drug-likeness (QED) is 0.603. The molecular formula is C8H17NO3. The summed E-state index contributed by atoms with van der Waals surface area (Å²) in [6, 6.07) is 0. The van der Waals surface area contributed by atoms with E-state index in [0.29, 0.717) is 0 Å². The molecule has 0 aliphatic rings. The fourth-order valence-corrected chi connectivity index (χ4v) is 0.324. The first kappa shape index (κ1) is 11.4. The number of rotatable bonds is 2. The van der Waals surface area contributed by atoms with Crippen molar-refractivity contribution in [2.24, 2.45) is 0 Å². The molecule has 0 radical (unpaired) electrons. The van der Waals surface area contributed by atoms with Gasteiger partial charge in [-0.25, -0.2) is 4.79 Å². The predicted octanol–water partition coefficient (Wildman–Crippen LogP) is 0.604. The molecule has 0 saturated carbocycles. The predicted molar refractivity (Wildman–Crippen MR) is 45.3 cm³/mol. The zero-order valence-corrected chi connectivity index (χ0v) is 8.26. The molecule has 72 valence electrons. The number of carbonyl (C=O) groups excluding carboxylic acids is 1. The third-order valence-electron chi connectivity index (χ3n) is 0.949. The number of aliphatic hydroxyl groups is 1. The average Bonchev–Trinajstić information content (AvgIpc) is 1.78. The van der Waals surface area contributed by atoms with Crippen LogP contribution in [0.25, 0.3) is 0 Å². The van der Waals surface area contributed by atoms with Gasteiger partial charge in [0, 0.05) is 5.54 Å². The molecule has 0 atom stereocenters. The molecule has 0 bridgehead atoms. The summed E-state index contributed by atoms with van der Waals surface area (Å²) in [5.74, 6) is -0.683. The Morgan fingerprint density at radius 3 is 1.92 bits per heavy atom. The van der Waals surface area contributed by atoms with Crippen LogP contribution >= 0.6 is 0 Å². The third kappa shape index (κ3) is 5.09. The molecule has 0 rings (SSSR count). The van der Waals surface area contributed by atoms with E-state index in [1.165, 1.54) is 13.8 Å². The molecule has 12 heavy (non-hydrogen) atoms. The Bertz CT molecular complexity index is 164. The van der Waals surface area contributed by atoms with Gasteiger partial charge in [-0.3, -0.25) is 0 Å². The largest absolute Gasteiger partial charge is 0.379 e. The second-order valence-electron chi connectivity index (χ2n) is 4.30. The zero-order valence-electron chi connectivity index (χ0n) is 8.26. The fourth-order valence-electron chi connectivity index (χ4n) is 0.324. The zero-order chi connectivity index (χ0) is 9.99. The van der Waals surface area contributed by atoms with Crippen LogP contribution in [0.5, 0.6) is 0 Å². The molecule has 0 amide bonds. The van der Waals surface area contributed by atoms with Gasteiger partial charge in [0.25, 0.3) is 0 Å². The molecule has 0 heterocycles. The second-order valence-corrected chi connectivity index (χ2v) is 4.30. The van der Waals surface area contributed by atoms with Crippen LogP contribution in [0.3, 0.4) is 0 Å². The summed E-state index contributed by atoms with van der Waals surface area (Å²) in [6.45, 7) is 8.30. The summed E-state index contributed by atoms with van der Waals surface area (Å²) in [6.07, 6.45) is 0. The lowest BCUT2D eigenvalue weighted by molar-refractivity contribution is -0.173. The highest BCUT2D eigenvalue weighted by atomic mass is 16.7. The molecule has 2 N–H and O–H groups in total. The number of carbonyl (C=O) groups is 1. The highest BCUT2D eigenvalue weighted by Crippen LogP contribution is 2.05. The van der Waals surface area contributed by atoms with Gasteiger partial charge in [-0.1, -0.05) is 0 Å². The van der Waals surface area contributed by atoms with Gasteiger partial charge in [0.15, 0.2) is 5.60 Å². The summed E-state index contributed by atoms with van der Waals surface area (Å²) in [5.41, 5.74) is 0.768. The Morgan fingerprint density at radius 1 is 1.25 bits per heavy atom. The summed E-state index contributed by atoms with van der Waals surface area (Å²) < 4.78 is 0. The van der Waals surface area contributed by atoms with Crippen molar-refractivity contribution in [3.05, 3.63) is 0 Å². The second kappa shape index (κ2) is 3.41. The van der Waals surface area contributed by atoms with Crippen molar-refractivity contribution in [3.63, 3.8) is 0 Å². The minimum Gasteiger partial charge on any atom is -0.379 e. The van der Waals surface area contributed by atoms with Gasteiger partial charge in [-0.2, -0.15) is 0 Å². The summed E-state index contributed by atoms with van der Waals surface area (Å²) in [5, 5.41) is 9.17. The van der Waals surface area contributed by atoms with Crippen LogP contribution < -0.4 is 5.48 Å². The smallest absolute Gasteiger partial charge is 0.356 e. The maximum atomic E-state index is 11.0. The van der Waals surface area contributed by atoms with E-state index >= 15 is 0 Å². The van der Waals surface area contributed by atoms with Gasteiger partial charge in [0.05, 0.1) is 0 Å². The monoisotopic (exact) mass is 175 g/mol. The average molecular weight is 175 g/mol. The van der Waals surface area contributed by atoms with Crippen molar-refractivity contribution in [1.82, 2.24) is 5.48 Å². The number of nitrogens with one attached hydrogen (secondary N) is 1. The third-order valence-corrected chi connectivity index (χ3v) is 0.949. The standard InChI is InChI=1S/C8H17NO3/c1-7(2,3)9-12-6(10)8(4,5)11/h9,11H,1-5H3. The molecule has 4 nitrogen and oxygen atoms in total. The maximum Gasteiger partial charge on any atom is 0.356 e. The van der Waals surface area contributed by atoms with E-state index in [0.717, 1.165) is 0 Å². The molecule has 4 heteroatoms. The Kier molecular flexibility index (Phi) is 3.24. The molecule has 0 aliphatic heterocycles. The van der Waals surface area contributed by atoms with Crippen LogP contribution in [-0.2, 0) is 9.63 Å². The Hall–Kier alpha value is -0.610. The molecule has 0 saturated heterocycles. The van der Waals surface area contributed by atoms with E-state index in [-0.39, 0.29) is 5.54 Å². The van der Waals surface area contributed by atoms with Crippen LogP contribution in [0.1, 0.15) is 34.6 Å². The molecule has 0 spiro atoms. The molecule has 0 unspecified atom stereocenters. The van der Waals surface area contributed by atoms with Gasteiger partial charge in [-0.15, -0.1) is 5.48 Å². The van der Waals surface area contributed by atoms with Crippen LogP contribution in [0.2, 0.25) is 0 Å². The molecule has 0 aromatic heterocycles. The van der Waals surface area contributed by atoms with E-state index in [1.807, 2.05) is 20.8 Å². The molecule has 0 aromatic rings. The first-order valence-electron chi connectivity index (χ1n) is 3.84. The van der Waals surface area contributed by atoms with Gasteiger partial charge in [-0.05, 0) is 34.6 Å². The number of hydroxylamine groups is 1. The first-order chi connectivity index (χ1) is 5.13. The van der Waals surface area contributed by atoms with E-state index in [2.05, 4.69) is 10.3 Å². The lowest BCUT2D eigenvalue weighted by atomic mass is 10.1. The van der Waals surface area contributed by atoms with Gasteiger partial charge < -0.3 is 9.94 Å². The van der Waals surface area contributed by atoms with Crippen LogP contribution in [0.15, 0.2) is 0 Å². The summed E-state index contributed by atoms with van der Waals surface area (Å²) in [7, 11) is 0. The number of hydrogen-bond acceptors (Lipinski definition) is 4. The van der Waals surface area contributed by atoms with E-state index in [1.54, 1.807) is 0 Å².